The molecule has 1 heterocycles. The van der Waals surface area contributed by atoms with Gasteiger partial charge in [0.2, 0.25) is 0 Å². The highest BCUT2D eigenvalue weighted by Crippen LogP contribution is 2.37. The van der Waals surface area contributed by atoms with Crippen molar-refractivity contribution in [3.63, 3.8) is 0 Å². The average molecular weight is 270 g/mol. The third-order valence-electron chi connectivity index (χ3n) is 3.54. The van der Waals surface area contributed by atoms with Gasteiger partial charge in [0.05, 0.1) is 19.2 Å². The van der Waals surface area contributed by atoms with Gasteiger partial charge in [-0.25, -0.2) is 0 Å². The van der Waals surface area contributed by atoms with Crippen LogP contribution in [-0.2, 0) is 6.42 Å². The number of hydrogen-bond donors (Lipinski definition) is 1. The molecule has 2 rings (SSSR count). The third-order valence-corrected chi connectivity index (χ3v) is 3.83. The fourth-order valence-corrected chi connectivity index (χ4v) is 2.94. The molecule has 4 heteroatoms. The molecule has 0 spiro atoms. The molecular weight excluding hydrogens is 250 g/mol. The van der Waals surface area contributed by atoms with Crippen LogP contribution in [0.4, 0.5) is 0 Å². The summed E-state index contributed by atoms with van der Waals surface area (Å²) in [7, 11) is 3.23. The summed E-state index contributed by atoms with van der Waals surface area (Å²) in [5, 5.41) is 4.16. The summed E-state index contributed by atoms with van der Waals surface area (Å²) >= 11 is 6.22. The summed E-state index contributed by atoms with van der Waals surface area (Å²) in [4.78, 5) is 0. The second-order valence-electron chi connectivity index (χ2n) is 5.08. The van der Waals surface area contributed by atoms with Crippen molar-refractivity contribution in [2.24, 2.45) is 0 Å². The number of benzene rings is 1. The molecule has 0 aliphatic carbocycles. The fraction of sp³-hybridized carbons (Fsp3) is 0.571. The van der Waals surface area contributed by atoms with Gasteiger partial charge in [-0.3, -0.25) is 0 Å². The minimum atomic E-state index is 0.170. The first-order valence-electron chi connectivity index (χ1n) is 6.23. The molecule has 0 bridgehead atoms. The van der Waals surface area contributed by atoms with Gasteiger partial charge in [0, 0.05) is 5.54 Å². The molecule has 0 aromatic heterocycles. The van der Waals surface area contributed by atoms with E-state index in [2.05, 4.69) is 12.2 Å². The molecule has 1 aromatic carbocycles. The Morgan fingerprint density at radius 2 is 2.11 bits per heavy atom. The zero-order valence-electron chi connectivity index (χ0n) is 11.2. The van der Waals surface area contributed by atoms with Gasteiger partial charge in [0.15, 0.2) is 11.5 Å². The molecule has 0 saturated carbocycles. The zero-order chi connectivity index (χ0) is 13.2. The van der Waals surface area contributed by atoms with Gasteiger partial charge >= 0.3 is 0 Å². The van der Waals surface area contributed by atoms with Crippen molar-refractivity contribution in [3.05, 3.63) is 22.7 Å². The average Bonchev–Trinajstić information content (AvgIpc) is 2.75. The fourth-order valence-electron chi connectivity index (χ4n) is 2.63. The van der Waals surface area contributed by atoms with Gasteiger partial charge in [-0.05, 0) is 50.4 Å². The van der Waals surface area contributed by atoms with Crippen molar-refractivity contribution in [2.75, 3.05) is 20.8 Å². The summed E-state index contributed by atoms with van der Waals surface area (Å²) in [6.07, 6.45) is 3.38. The molecule has 1 aliphatic heterocycles. The van der Waals surface area contributed by atoms with Crippen LogP contribution >= 0.6 is 11.6 Å². The maximum absolute atomic E-state index is 6.22. The second kappa shape index (κ2) is 5.37. The lowest BCUT2D eigenvalue weighted by Crippen LogP contribution is -2.38. The number of ether oxygens (including phenoxy) is 2. The Bertz CT molecular complexity index is 428. The minimum Gasteiger partial charge on any atom is -0.493 e. The molecule has 1 fully saturated rings. The summed E-state index contributed by atoms with van der Waals surface area (Å²) in [6, 6.07) is 3.98. The Morgan fingerprint density at radius 3 is 2.67 bits per heavy atom. The van der Waals surface area contributed by atoms with Gasteiger partial charge in [-0.2, -0.15) is 0 Å². The van der Waals surface area contributed by atoms with Crippen molar-refractivity contribution in [1.29, 1.82) is 0 Å². The van der Waals surface area contributed by atoms with E-state index in [1.165, 1.54) is 18.4 Å². The summed E-state index contributed by atoms with van der Waals surface area (Å²) in [5.74, 6) is 1.30. The summed E-state index contributed by atoms with van der Waals surface area (Å²) < 4.78 is 10.6. The van der Waals surface area contributed by atoms with E-state index in [1.807, 2.05) is 12.1 Å². The van der Waals surface area contributed by atoms with E-state index in [9.17, 15) is 0 Å². The topological polar surface area (TPSA) is 30.5 Å². The summed E-state index contributed by atoms with van der Waals surface area (Å²) in [6.45, 7) is 3.35. The van der Waals surface area contributed by atoms with E-state index in [0.29, 0.717) is 16.5 Å². The third kappa shape index (κ3) is 2.73. The lowest BCUT2D eigenvalue weighted by atomic mass is 9.91. The predicted octanol–water partition coefficient (Wildman–Crippen LogP) is 3.04. The molecule has 1 atom stereocenters. The molecule has 1 N–H and O–H groups in total. The lowest BCUT2D eigenvalue weighted by Gasteiger charge is -2.25. The molecule has 1 aromatic rings. The van der Waals surface area contributed by atoms with Crippen molar-refractivity contribution >= 4 is 11.6 Å². The quantitative estimate of drug-likeness (QED) is 0.911. The standard InChI is InChI=1S/C14H20ClNO2/c1-14(5-4-6-16-14)9-10-7-11(15)13(18-3)12(8-10)17-2/h7-8,16H,4-6,9H2,1-3H3. The zero-order valence-corrected chi connectivity index (χ0v) is 11.9. The van der Waals surface area contributed by atoms with Gasteiger partial charge in [0.1, 0.15) is 0 Å². The van der Waals surface area contributed by atoms with E-state index in [0.717, 1.165) is 13.0 Å². The molecule has 100 valence electrons. The Hall–Kier alpha value is -0.930. The Balaban J connectivity index is 2.26. The van der Waals surface area contributed by atoms with E-state index < -0.39 is 0 Å². The first kappa shape index (κ1) is 13.5. The largest absolute Gasteiger partial charge is 0.493 e. The second-order valence-corrected chi connectivity index (χ2v) is 5.49. The number of halogens is 1. The normalized spacial score (nSPS) is 23.1. The van der Waals surface area contributed by atoms with E-state index in [4.69, 9.17) is 21.1 Å². The highest BCUT2D eigenvalue weighted by Gasteiger charge is 2.28. The first-order chi connectivity index (χ1) is 8.58. The van der Waals surface area contributed by atoms with Gasteiger partial charge in [-0.1, -0.05) is 11.6 Å². The highest BCUT2D eigenvalue weighted by atomic mass is 35.5. The predicted molar refractivity (Wildman–Crippen MR) is 73.9 cm³/mol. The van der Waals surface area contributed by atoms with Crippen LogP contribution in [0.15, 0.2) is 12.1 Å². The smallest absolute Gasteiger partial charge is 0.179 e. The van der Waals surface area contributed by atoms with E-state index in [1.54, 1.807) is 14.2 Å². The number of rotatable bonds is 4. The van der Waals surface area contributed by atoms with Gasteiger partial charge in [0.25, 0.3) is 0 Å². The van der Waals surface area contributed by atoms with Crippen LogP contribution in [0.5, 0.6) is 11.5 Å². The van der Waals surface area contributed by atoms with Crippen LogP contribution < -0.4 is 14.8 Å². The van der Waals surface area contributed by atoms with Crippen molar-refractivity contribution in [3.8, 4) is 11.5 Å². The van der Waals surface area contributed by atoms with Crippen LogP contribution in [0.1, 0.15) is 25.3 Å². The molecule has 0 amide bonds. The van der Waals surface area contributed by atoms with Crippen molar-refractivity contribution in [2.45, 2.75) is 31.7 Å². The minimum absolute atomic E-state index is 0.170. The van der Waals surface area contributed by atoms with Crippen LogP contribution in [0.3, 0.4) is 0 Å². The van der Waals surface area contributed by atoms with Gasteiger partial charge in [-0.15, -0.1) is 0 Å². The highest BCUT2D eigenvalue weighted by molar-refractivity contribution is 6.32. The molecular formula is C14H20ClNO2. The molecule has 18 heavy (non-hydrogen) atoms. The number of hydrogen-bond acceptors (Lipinski definition) is 3. The Morgan fingerprint density at radius 1 is 1.33 bits per heavy atom. The number of methoxy groups -OCH3 is 2. The molecule has 0 radical (unpaired) electrons. The maximum Gasteiger partial charge on any atom is 0.179 e. The molecule has 1 saturated heterocycles. The van der Waals surface area contributed by atoms with Crippen molar-refractivity contribution in [1.82, 2.24) is 5.32 Å². The lowest BCUT2D eigenvalue weighted by molar-refractivity contribution is 0.353. The van der Waals surface area contributed by atoms with Gasteiger partial charge < -0.3 is 14.8 Å². The summed E-state index contributed by atoms with van der Waals surface area (Å²) in [5.41, 5.74) is 1.35. The van der Waals surface area contributed by atoms with Crippen LogP contribution in [0.25, 0.3) is 0 Å². The SMILES string of the molecule is COc1cc(CC2(C)CCCN2)cc(Cl)c1OC. The van der Waals surface area contributed by atoms with Crippen LogP contribution in [0.2, 0.25) is 5.02 Å². The molecule has 1 unspecified atom stereocenters. The van der Waals surface area contributed by atoms with Crippen LogP contribution in [0, 0.1) is 0 Å². The number of nitrogens with one attached hydrogen (secondary N) is 1. The molecule has 3 nitrogen and oxygen atoms in total. The van der Waals surface area contributed by atoms with E-state index in [-0.39, 0.29) is 5.54 Å². The van der Waals surface area contributed by atoms with Crippen molar-refractivity contribution < 1.29 is 9.47 Å². The maximum atomic E-state index is 6.22. The van der Waals surface area contributed by atoms with E-state index >= 15 is 0 Å². The molecule has 1 aliphatic rings. The Labute approximate surface area is 113 Å². The monoisotopic (exact) mass is 269 g/mol. The Kier molecular flexibility index (Phi) is 4.03. The first-order valence-corrected chi connectivity index (χ1v) is 6.61. The van der Waals surface area contributed by atoms with Crippen LogP contribution in [-0.4, -0.2) is 26.3 Å².